The zero-order chi connectivity index (χ0) is 12.1. The van der Waals surface area contributed by atoms with E-state index in [4.69, 9.17) is 4.74 Å². The maximum absolute atomic E-state index is 13.3. The molecular formula is C13H17F2NO. The van der Waals surface area contributed by atoms with Gasteiger partial charge in [-0.1, -0.05) is 6.07 Å². The SMILES string of the molecule is Fc1cccc(F)c1CCNCC1CCCO1. The fourth-order valence-corrected chi connectivity index (χ4v) is 2.05. The van der Waals surface area contributed by atoms with Gasteiger partial charge in [-0.2, -0.15) is 0 Å². The van der Waals surface area contributed by atoms with Crippen molar-refractivity contribution in [1.82, 2.24) is 5.32 Å². The van der Waals surface area contributed by atoms with Gasteiger partial charge in [0.1, 0.15) is 11.6 Å². The molecule has 1 aliphatic heterocycles. The van der Waals surface area contributed by atoms with Crippen LogP contribution in [0.5, 0.6) is 0 Å². The Bertz CT molecular complexity index is 344. The second-order valence-electron chi connectivity index (χ2n) is 4.29. The van der Waals surface area contributed by atoms with Crippen molar-refractivity contribution in [1.29, 1.82) is 0 Å². The van der Waals surface area contributed by atoms with Crippen LogP contribution in [0.4, 0.5) is 8.78 Å². The minimum absolute atomic E-state index is 0.160. The minimum Gasteiger partial charge on any atom is -0.377 e. The largest absolute Gasteiger partial charge is 0.377 e. The maximum Gasteiger partial charge on any atom is 0.129 e. The van der Waals surface area contributed by atoms with Gasteiger partial charge in [0.15, 0.2) is 0 Å². The molecule has 1 N–H and O–H groups in total. The van der Waals surface area contributed by atoms with Gasteiger partial charge >= 0.3 is 0 Å². The van der Waals surface area contributed by atoms with Crippen molar-refractivity contribution < 1.29 is 13.5 Å². The molecule has 1 aliphatic rings. The summed E-state index contributed by atoms with van der Waals surface area (Å²) in [4.78, 5) is 0. The Kier molecular flexibility index (Phi) is 4.45. The number of rotatable bonds is 5. The lowest BCUT2D eigenvalue weighted by Gasteiger charge is -2.11. The molecule has 0 bridgehead atoms. The normalized spacial score (nSPS) is 19.8. The third-order valence-corrected chi connectivity index (χ3v) is 3.01. The molecule has 2 rings (SSSR count). The van der Waals surface area contributed by atoms with Gasteiger partial charge in [-0.15, -0.1) is 0 Å². The highest BCUT2D eigenvalue weighted by molar-refractivity contribution is 5.19. The predicted octanol–water partition coefficient (Wildman–Crippen LogP) is 2.28. The van der Waals surface area contributed by atoms with Crippen molar-refractivity contribution in [2.45, 2.75) is 25.4 Å². The first-order valence-electron chi connectivity index (χ1n) is 6.02. The molecule has 94 valence electrons. The summed E-state index contributed by atoms with van der Waals surface area (Å²) >= 11 is 0. The first kappa shape index (κ1) is 12.5. The Hall–Kier alpha value is -1.00. The van der Waals surface area contributed by atoms with Gasteiger partial charge in [-0.3, -0.25) is 0 Å². The van der Waals surface area contributed by atoms with Crippen molar-refractivity contribution >= 4 is 0 Å². The lowest BCUT2D eigenvalue weighted by Crippen LogP contribution is -2.28. The van der Waals surface area contributed by atoms with E-state index in [1.54, 1.807) is 0 Å². The summed E-state index contributed by atoms with van der Waals surface area (Å²) in [7, 11) is 0. The monoisotopic (exact) mass is 241 g/mol. The van der Waals surface area contributed by atoms with Crippen LogP contribution in [0.3, 0.4) is 0 Å². The van der Waals surface area contributed by atoms with Gasteiger partial charge in [0.2, 0.25) is 0 Å². The Morgan fingerprint density at radius 1 is 1.29 bits per heavy atom. The predicted molar refractivity (Wildman–Crippen MR) is 61.9 cm³/mol. The van der Waals surface area contributed by atoms with Gasteiger partial charge in [-0.05, 0) is 37.9 Å². The second kappa shape index (κ2) is 6.07. The number of ether oxygens (including phenoxy) is 1. The van der Waals surface area contributed by atoms with Crippen molar-refractivity contribution in [3.05, 3.63) is 35.4 Å². The molecule has 17 heavy (non-hydrogen) atoms. The van der Waals surface area contributed by atoms with E-state index in [0.29, 0.717) is 13.0 Å². The van der Waals surface area contributed by atoms with Gasteiger partial charge < -0.3 is 10.1 Å². The summed E-state index contributed by atoms with van der Waals surface area (Å²) in [5.41, 5.74) is 0.160. The third kappa shape index (κ3) is 3.48. The van der Waals surface area contributed by atoms with E-state index in [9.17, 15) is 8.78 Å². The summed E-state index contributed by atoms with van der Waals surface area (Å²) < 4.78 is 32.0. The first-order chi connectivity index (χ1) is 8.27. The van der Waals surface area contributed by atoms with E-state index >= 15 is 0 Å². The van der Waals surface area contributed by atoms with Crippen LogP contribution in [0, 0.1) is 11.6 Å². The molecule has 1 heterocycles. The molecule has 4 heteroatoms. The van der Waals surface area contributed by atoms with Gasteiger partial charge in [0.25, 0.3) is 0 Å². The van der Waals surface area contributed by atoms with Gasteiger partial charge in [0, 0.05) is 18.7 Å². The smallest absolute Gasteiger partial charge is 0.129 e. The van der Waals surface area contributed by atoms with E-state index < -0.39 is 11.6 Å². The molecule has 0 spiro atoms. The van der Waals surface area contributed by atoms with E-state index in [0.717, 1.165) is 26.0 Å². The molecule has 1 saturated heterocycles. The zero-order valence-electron chi connectivity index (χ0n) is 9.72. The van der Waals surface area contributed by atoms with E-state index in [1.165, 1.54) is 18.2 Å². The van der Waals surface area contributed by atoms with Crippen LogP contribution in [-0.4, -0.2) is 25.8 Å². The Labute approximate surface area is 100.0 Å². The average Bonchev–Trinajstić information content (AvgIpc) is 2.80. The summed E-state index contributed by atoms with van der Waals surface area (Å²) in [6.07, 6.45) is 2.81. The van der Waals surface area contributed by atoms with Crippen LogP contribution >= 0.6 is 0 Å². The molecule has 0 aliphatic carbocycles. The van der Waals surface area contributed by atoms with Crippen LogP contribution < -0.4 is 5.32 Å². The van der Waals surface area contributed by atoms with Crippen molar-refractivity contribution in [2.24, 2.45) is 0 Å². The number of halogens is 2. The molecule has 1 fully saturated rings. The Balaban J connectivity index is 1.74. The highest BCUT2D eigenvalue weighted by Crippen LogP contribution is 2.13. The van der Waals surface area contributed by atoms with Crippen LogP contribution in [0.25, 0.3) is 0 Å². The lowest BCUT2D eigenvalue weighted by atomic mass is 10.1. The molecule has 1 aromatic rings. The summed E-state index contributed by atoms with van der Waals surface area (Å²) in [5, 5.41) is 3.17. The average molecular weight is 241 g/mol. The highest BCUT2D eigenvalue weighted by Gasteiger charge is 2.14. The van der Waals surface area contributed by atoms with Gasteiger partial charge in [-0.25, -0.2) is 8.78 Å². The molecule has 0 aromatic heterocycles. The fourth-order valence-electron chi connectivity index (χ4n) is 2.05. The quantitative estimate of drug-likeness (QED) is 0.798. The van der Waals surface area contributed by atoms with E-state index in [-0.39, 0.29) is 11.7 Å². The number of hydrogen-bond acceptors (Lipinski definition) is 2. The number of hydrogen-bond donors (Lipinski definition) is 1. The molecule has 1 aromatic carbocycles. The van der Waals surface area contributed by atoms with Gasteiger partial charge in [0.05, 0.1) is 6.10 Å². The Morgan fingerprint density at radius 3 is 2.71 bits per heavy atom. The molecule has 0 saturated carbocycles. The van der Waals surface area contributed by atoms with E-state index in [2.05, 4.69) is 5.32 Å². The molecule has 1 atom stereocenters. The molecule has 0 radical (unpaired) electrons. The number of benzene rings is 1. The van der Waals surface area contributed by atoms with Crippen LogP contribution in [0.2, 0.25) is 0 Å². The standard InChI is InChI=1S/C13H17F2NO/c14-12-4-1-5-13(15)11(12)6-7-16-9-10-3-2-8-17-10/h1,4-5,10,16H,2-3,6-9H2. The molecular weight excluding hydrogens is 224 g/mol. The molecule has 0 amide bonds. The molecule has 2 nitrogen and oxygen atoms in total. The van der Waals surface area contributed by atoms with Crippen LogP contribution in [-0.2, 0) is 11.2 Å². The lowest BCUT2D eigenvalue weighted by molar-refractivity contribution is 0.110. The fraction of sp³-hybridized carbons (Fsp3) is 0.538. The highest BCUT2D eigenvalue weighted by atomic mass is 19.1. The summed E-state index contributed by atoms with van der Waals surface area (Å²) in [6.45, 7) is 2.15. The summed E-state index contributed by atoms with van der Waals surface area (Å²) in [6, 6.07) is 3.96. The van der Waals surface area contributed by atoms with E-state index in [1.807, 2.05) is 0 Å². The summed E-state index contributed by atoms with van der Waals surface area (Å²) in [5.74, 6) is -0.937. The second-order valence-corrected chi connectivity index (χ2v) is 4.29. The topological polar surface area (TPSA) is 21.3 Å². The van der Waals surface area contributed by atoms with Crippen LogP contribution in [0.1, 0.15) is 18.4 Å². The minimum atomic E-state index is -0.469. The van der Waals surface area contributed by atoms with Crippen LogP contribution in [0.15, 0.2) is 18.2 Å². The number of nitrogens with one attached hydrogen (secondary N) is 1. The third-order valence-electron chi connectivity index (χ3n) is 3.01. The zero-order valence-corrected chi connectivity index (χ0v) is 9.72. The van der Waals surface area contributed by atoms with Crippen molar-refractivity contribution in [3.63, 3.8) is 0 Å². The van der Waals surface area contributed by atoms with Crippen molar-refractivity contribution in [2.75, 3.05) is 19.7 Å². The Morgan fingerprint density at radius 2 is 2.06 bits per heavy atom. The van der Waals surface area contributed by atoms with Crippen molar-refractivity contribution in [3.8, 4) is 0 Å². The molecule has 1 unspecified atom stereocenters. The first-order valence-corrected chi connectivity index (χ1v) is 6.02. The maximum atomic E-state index is 13.3.